The largest absolute Gasteiger partial charge is 0.341 e. The van der Waals surface area contributed by atoms with Crippen LogP contribution in [0.15, 0.2) is 29.2 Å². The van der Waals surface area contributed by atoms with Crippen LogP contribution in [0.1, 0.15) is 32.3 Å². The monoisotopic (exact) mass is 338 g/mol. The summed E-state index contributed by atoms with van der Waals surface area (Å²) in [6.07, 6.45) is 1.19. The van der Waals surface area contributed by atoms with Crippen LogP contribution in [0.4, 0.5) is 0 Å². The standard InChI is InChI=1S/C17H26N2O3S/c1-14(2)12-17(20)18-8-5-9-19(11-10-18)23(21,22)16-7-4-6-15(3)13-16/h4,6-7,13-14H,5,8-12H2,1-3H3. The van der Waals surface area contributed by atoms with Crippen molar-refractivity contribution in [3.05, 3.63) is 29.8 Å². The molecule has 1 amide bonds. The fraction of sp³-hybridized carbons (Fsp3) is 0.588. The van der Waals surface area contributed by atoms with E-state index in [1.165, 1.54) is 4.31 Å². The van der Waals surface area contributed by atoms with Crippen molar-refractivity contribution in [2.24, 2.45) is 5.92 Å². The van der Waals surface area contributed by atoms with Crippen LogP contribution in [0.25, 0.3) is 0 Å². The summed E-state index contributed by atoms with van der Waals surface area (Å²) < 4.78 is 27.0. The summed E-state index contributed by atoms with van der Waals surface area (Å²) in [5.74, 6) is 0.438. The SMILES string of the molecule is Cc1cccc(S(=O)(=O)N2CCCN(C(=O)CC(C)C)CC2)c1. The molecule has 23 heavy (non-hydrogen) atoms. The first kappa shape index (κ1) is 17.9. The third kappa shape index (κ3) is 4.54. The molecule has 1 heterocycles. The summed E-state index contributed by atoms with van der Waals surface area (Å²) in [7, 11) is -3.48. The van der Waals surface area contributed by atoms with Crippen molar-refractivity contribution >= 4 is 15.9 Å². The second-order valence-electron chi connectivity index (χ2n) is 6.55. The molecule has 0 saturated carbocycles. The first-order chi connectivity index (χ1) is 10.8. The zero-order valence-electron chi connectivity index (χ0n) is 14.2. The summed E-state index contributed by atoms with van der Waals surface area (Å²) in [5, 5.41) is 0. The van der Waals surface area contributed by atoms with Crippen molar-refractivity contribution in [2.45, 2.75) is 38.5 Å². The zero-order chi connectivity index (χ0) is 17.0. The van der Waals surface area contributed by atoms with Gasteiger partial charge < -0.3 is 4.90 Å². The molecule has 5 nitrogen and oxygen atoms in total. The maximum Gasteiger partial charge on any atom is 0.243 e. The molecule has 128 valence electrons. The summed E-state index contributed by atoms with van der Waals surface area (Å²) in [5.41, 5.74) is 0.926. The van der Waals surface area contributed by atoms with E-state index in [2.05, 4.69) is 0 Å². The van der Waals surface area contributed by atoms with Gasteiger partial charge >= 0.3 is 0 Å². The predicted octanol–water partition coefficient (Wildman–Crippen LogP) is 2.26. The Morgan fingerprint density at radius 2 is 1.91 bits per heavy atom. The molecule has 0 spiro atoms. The molecule has 1 aliphatic rings. The number of rotatable bonds is 4. The Morgan fingerprint density at radius 1 is 1.17 bits per heavy atom. The van der Waals surface area contributed by atoms with Crippen LogP contribution in [-0.2, 0) is 14.8 Å². The Kier molecular flexibility index (Phi) is 5.81. The molecular formula is C17H26N2O3S. The molecule has 0 atom stereocenters. The number of benzene rings is 1. The van der Waals surface area contributed by atoms with Crippen LogP contribution in [0.5, 0.6) is 0 Å². The van der Waals surface area contributed by atoms with E-state index in [0.29, 0.717) is 49.8 Å². The normalized spacial score (nSPS) is 17.3. The molecule has 1 fully saturated rings. The van der Waals surface area contributed by atoms with Gasteiger partial charge in [0.15, 0.2) is 0 Å². The molecule has 1 aromatic rings. The highest BCUT2D eigenvalue weighted by Crippen LogP contribution is 2.19. The van der Waals surface area contributed by atoms with Crippen LogP contribution in [0, 0.1) is 12.8 Å². The van der Waals surface area contributed by atoms with E-state index in [1.54, 1.807) is 23.1 Å². The van der Waals surface area contributed by atoms with E-state index >= 15 is 0 Å². The Labute approximate surface area is 139 Å². The summed E-state index contributed by atoms with van der Waals surface area (Å²) in [6.45, 7) is 7.84. The smallest absolute Gasteiger partial charge is 0.243 e. The van der Waals surface area contributed by atoms with E-state index < -0.39 is 10.0 Å². The maximum absolute atomic E-state index is 12.8. The van der Waals surface area contributed by atoms with Crippen molar-refractivity contribution in [2.75, 3.05) is 26.2 Å². The Bertz CT molecular complexity index is 656. The summed E-state index contributed by atoms with van der Waals surface area (Å²) in [4.78, 5) is 14.3. The topological polar surface area (TPSA) is 57.7 Å². The lowest BCUT2D eigenvalue weighted by molar-refractivity contribution is -0.131. The van der Waals surface area contributed by atoms with Crippen molar-refractivity contribution in [1.82, 2.24) is 9.21 Å². The third-order valence-electron chi connectivity index (χ3n) is 4.02. The van der Waals surface area contributed by atoms with Crippen LogP contribution < -0.4 is 0 Å². The van der Waals surface area contributed by atoms with Gasteiger partial charge in [-0.15, -0.1) is 0 Å². The van der Waals surface area contributed by atoms with Crippen LogP contribution in [0.3, 0.4) is 0 Å². The summed E-state index contributed by atoms with van der Waals surface area (Å²) in [6, 6.07) is 6.98. The highest BCUT2D eigenvalue weighted by Gasteiger charge is 2.28. The van der Waals surface area contributed by atoms with Gasteiger partial charge in [0.25, 0.3) is 0 Å². The maximum atomic E-state index is 12.8. The number of nitrogens with zero attached hydrogens (tertiary/aromatic N) is 2. The highest BCUT2D eigenvalue weighted by atomic mass is 32.2. The minimum absolute atomic E-state index is 0.120. The first-order valence-electron chi connectivity index (χ1n) is 8.15. The van der Waals surface area contributed by atoms with E-state index in [9.17, 15) is 13.2 Å². The molecule has 1 aromatic carbocycles. The van der Waals surface area contributed by atoms with E-state index in [1.807, 2.05) is 26.8 Å². The van der Waals surface area contributed by atoms with Crippen LogP contribution in [-0.4, -0.2) is 49.7 Å². The second-order valence-corrected chi connectivity index (χ2v) is 8.49. The second kappa shape index (κ2) is 7.45. The molecule has 6 heteroatoms. The minimum atomic E-state index is -3.48. The molecule has 1 saturated heterocycles. The number of hydrogen-bond acceptors (Lipinski definition) is 3. The van der Waals surface area contributed by atoms with E-state index in [0.717, 1.165) is 5.56 Å². The Hall–Kier alpha value is -1.40. The molecule has 2 rings (SSSR count). The van der Waals surface area contributed by atoms with Crippen LogP contribution in [0.2, 0.25) is 0 Å². The van der Waals surface area contributed by atoms with E-state index in [-0.39, 0.29) is 5.91 Å². The van der Waals surface area contributed by atoms with Gasteiger partial charge in [0.2, 0.25) is 15.9 Å². The van der Waals surface area contributed by atoms with Gasteiger partial charge in [-0.25, -0.2) is 8.42 Å². The fourth-order valence-electron chi connectivity index (χ4n) is 2.79. The zero-order valence-corrected chi connectivity index (χ0v) is 15.0. The molecule has 1 aliphatic heterocycles. The van der Waals surface area contributed by atoms with Crippen molar-refractivity contribution < 1.29 is 13.2 Å². The van der Waals surface area contributed by atoms with Crippen molar-refractivity contribution in [1.29, 1.82) is 0 Å². The van der Waals surface area contributed by atoms with Gasteiger partial charge in [-0.05, 0) is 37.0 Å². The molecule has 0 unspecified atom stereocenters. The van der Waals surface area contributed by atoms with Gasteiger partial charge in [0.1, 0.15) is 0 Å². The predicted molar refractivity (Wildman–Crippen MR) is 90.6 cm³/mol. The van der Waals surface area contributed by atoms with E-state index in [4.69, 9.17) is 0 Å². The number of sulfonamides is 1. The molecule has 0 radical (unpaired) electrons. The average Bonchev–Trinajstić information content (AvgIpc) is 2.73. The number of carbonyl (C=O) groups is 1. The van der Waals surface area contributed by atoms with Crippen molar-refractivity contribution in [3.8, 4) is 0 Å². The number of amides is 1. The minimum Gasteiger partial charge on any atom is -0.341 e. The Balaban J connectivity index is 2.09. The quantitative estimate of drug-likeness (QED) is 0.846. The lowest BCUT2D eigenvalue weighted by atomic mass is 10.1. The van der Waals surface area contributed by atoms with Gasteiger partial charge in [0, 0.05) is 32.6 Å². The third-order valence-corrected chi connectivity index (χ3v) is 5.91. The molecular weight excluding hydrogens is 312 g/mol. The molecule has 0 N–H and O–H groups in total. The van der Waals surface area contributed by atoms with Gasteiger partial charge in [-0.1, -0.05) is 26.0 Å². The lowest BCUT2D eigenvalue weighted by Gasteiger charge is -2.22. The fourth-order valence-corrected chi connectivity index (χ4v) is 4.36. The summed E-state index contributed by atoms with van der Waals surface area (Å²) >= 11 is 0. The first-order valence-corrected chi connectivity index (χ1v) is 9.59. The number of carbonyl (C=O) groups excluding carboxylic acids is 1. The molecule has 0 aromatic heterocycles. The number of hydrogen-bond donors (Lipinski definition) is 0. The van der Waals surface area contributed by atoms with Gasteiger partial charge in [-0.2, -0.15) is 4.31 Å². The molecule has 0 aliphatic carbocycles. The lowest BCUT2D eigenvalue weighted by Crippen LogP contribution is -2.37. The van der Waals surface area contributed by atoms with Gasteiger partial charge in [-0.3, -0.25) is 4.79 Å². The van der Waals surface area contributed by atoms with Crippen LogP contribution >= 0.6 is 0 Å². The highest BCUT2D eigenvalue weighted by molar-refractivity contribution is 7.89. The molecule has 0 bridgehead atoms. The Morgan fingerprint density at radius 3 is 2.57 bits per heavy atom. The number of aryl methyl sites for hydroxylation is 1. The average molecular weight is 338 g/mol. The van der Waals surface area contributed by atoms with Crippen molar-refractivity contribution in [3.63, 3.8) is 0 Å². The van der Waals surface area contributed by atoms with Gasteiger partial charge in [0.05, 0.1) is 4.90 Å².